The van der Waals surface area contributed by atoms with Crippen molar-refractivity contribution >= 4 is 50.3 Å². The van der Waals surface area contributed by atoms with Crippen LogP contribution in [0.4, 0.5) is 11.4 Å². The first kappa shape index (κ1) is 20.0. The molecule has 8 heteroatoms. The molecule has 0 aromatic heterocycles. The van der Waals surface area contributed by atoms with Crippen molar-refractivity contribution in [3.63, 3.8) is 0 Å². The lowest BCUT2D eigenvalue weighted by Crippen LogP contribution is -2.31. The van der Waals surface area contributed by atoms with E-state index in [1.165, 1.54) is 30.7 Å². The van der Waals surface area contributed by atoms with Crippen LogP contribution in [0.3, 0.4) is 0 Å². The minimum Gasteiger partial charge on any atom is -0.370 e. The van der Waals surface area contributed by atoms with Crippen molar-refractivity contribution in [1.29, 1.82) is 0 Å². The molecule has 0 spiro atoms. The number of nitrogens with one attached hydrogen (secondary N) is 1. The lowest BCUT2D eigenvalue weighted by atomic mass is 10.1. The molecule has 0 bridgehead atoms. The number of sulfone groups is 1. The summed E-state index contributed by atoms with van der Waals surface area (Å²) in [7, 11) is -3.76. The maximum absolute atomic E-state index is 12.5. The first-order chi connectivity index (χ1) is 12.8. The van der Waals surface area contributed by atoms with E-state index < -0.39 is 21.5 Å². The van der Waals surface area contributed by atoms with E-state index in [1.54, 1.807) is 12.1 Å². The van der Waals surface area contributed by atoms with E-state index in [9.17, 15) is 13.2 Å². The molecule has 3 rings (SSSR count). The minimum atomic E-state index is -3.76. The second-order valence-corrected chi connectivity index (χ2v) is 9.33. The van der Waals surface area contributed by atoms with Gasteiger partial charge in [0.05, 0.1) is 16.3 Å². The predicted molar refractivity (Wildman–Crippen MR) is 110 cm³/mol. The summed E-state index contributed by atoms with van der Waals surface area (Å²) in [5.74, 6) is -1.26. The Kier molecular flexibility index (Phi) is 6.29. The average molecular weight is 427 g/mol. The number of amides is 1. The lowest BCUT2D eigenvalue weighted by molar-refractivity contribution is -0.113. The van der Waals surface area contributed by atoms with E-state index >= 15 is 0 Å². The highest BCUT2D eigenvalue weighted by Gasteiger charge is 2.21. The molecule has 0 saturated carbocycles. The first-order valence-corrected chi connectivity index (χ1v) is 11.1. The Bertz CT molecular complexity index is 924. The van der Waals surface area contributed by atoms with Crippen LogP contribution in [0.15, 0.2) is 47.4 Å². The number of hydrogen-bond acceptors (Lipinski definition) is 4. The van der Waals surface area contributed by atoms with Crippen LogP contribution in [0.2, 0.25) is 10.0 Å². The van der Waals surface area contributed by atoms with Crippen LogP contribution in [0.25, 0.3) is 0 Å². The van der Waals surface area contributed by atoms with E-state index in [0.29, 0.717) is 15.7 Å². The number of nitrogens with zero attached hydrogens (tertiary/aromatic N) is 1. The van der Waals surface area contributed by atoms with Crippen molar-refractivity contribution in [2.75, 3.05) is 29.1 Å². The molecule has 1 amide bonds. The third-order valence-corrected chi connectivity index (χ3v) is 6.54. The van der Waals surface area contributed by atoms with E-state index in [0.717, 1.165) is 31.6 Å². The van der Waals surface area contributed by atoms with Gasteiger partial charge in [-0.15, -0.1) is 0 Å². The Labute approximate surface area is 169 Å². The summed E-state index contributed by atoms with van der Waals surface area (Å²) in [6, 6.07) is 11.0. The number of anilines is 2. The number of carbonyl (C=O) groups excluding carboxylic acids is 1. The average Bonchev–Trinajstić information content (AvgIpc) is 2.62. The summed E-state index contributed by atoms with van der Waals surface area (Å²) in [5.41, 5.74) is 1.39. The van der Waals surface area contributed by atoms with Gasteiger partial charge in [-0.2, -0.15) is 0 Å². The van der Waals surface area contributed by atoms with Crippen molar-refractivity contribution in [2.24, 2.45) is 0 Å². The molecule has 27 heavy (non-hydrogen) atoms. The van der Waals surface area contributed by atoms with Gasteiger partial charge in [-0.1, -0.05) is 23.2 Å². The Morgan fingerprint density at radius 2 is 1.59 bits per heavy atom. The second kappa shape index (κ2) is 8.50. The zero-order valence-corrected chi connectivity index (χ0v) is 16.9. The van der Waals surface area contributed by atoms with Crippen molar-refractivity contribution in [3.8, 4) is 0 Å². The standard InChI is InChI=1S/C19H20Cl2N2O3S/c20-14-4-7-16(8-5-14)27(25,26)13-19(24)22-17-12-15(21)6-9-18(17)23-10-2-1-3-11-23/h4-9,12H,1-3,10-11,13H2,(H,22,24). The fourth-order valence-corrected chi connectivity index (χ4v) is 4.54. The smallest absolute Gasteiger partial charge is 0.240 e. The van der Waals surface area contributed by atoms with Gasteiger partial charge in [0.15, 0.2) is 9.84 Å². The molecule has 2 aromatic rings. The molecule has 0 unspecified atom stereocenters. The number of benzene rings is 2. The molecule has 1 aliphatic rings. The van der Waals surface area contributed by atoms with E-state index in [2.05, 4.69) is 10.2 Å². The molecule has 1 fully saturated rings. The van der Waals surface area contributed by atoms with Crippen LogP contribution in [0.5, 0.6) is 0 Å². The third-order valence-electron chi connectivity index (χ3n) is 4.42. The molecule has 1 aliphatic heterocycles. The fraction of sp³-hybridized carbons (Fsp3) is 0.316. The van der Waals surface area contributed by atoms with Crippen molar-refractivity contribution < 1.29 is 13.2 Å². The maximum atomic E-state index is 12.5. The first-order valence-electron chi connectivity index (χ1n) is 8.68. The van der Waals surface area contributed by atoms with Crippen molar-refractivity contribution in [1.82, 2.24) is 0 Å². The van der Waals surface area contributed by atoms with Gasteiger partial charge in [0.25, 0.3) is 0 Å². The van der Waals surface area contributed by atoms with Gasteiger partial charge in [0.1, 0.15) is 5.75 Å². The predicted octanol–water partition coefficient (Wildman–Crippen LogP) is 4.40. The maximum Gasteiger partial charge on any atom is 0.240 e. The van der Waals surface area contributed by atoms with Crippen LogP contribution in [-0.2, 0) is 14.6 Å². The van der Waals surface area contributed by atoms with E-state index in [4.69, 9.17) is 23.2 Å². The summed E-state index contributed by atoms with van der Waals surface area (Å²) in [6.07, 6.45) is 3.35. The zero-order valence-electron chi connectivity index (χ0n) is 14.6. The molecule has 1 heterocycles. The third kappa shape index (κ3) is 5.15. The monoisotopic (exact) mass is 426 g/mol. The summed E-state index contributed by atoms with van der Waals surface area (Å²) in [4.78, 5) is 14.7. The highest BCUT2D eigenvalue weighted by atomic mass is 35.5. The Hall–Kier alpha value is -1.76. The van der Waals surface area contributed by atoms with Crippen molar-refractivity contribution in [2.45, 2.75) is 24.2 Å². The van der Waals surface area contributed by atoms with Crippen molar-refractivity contribution in [3.05, 3.63) is 52.5 Å². The van der Waals surface area contributed by atoms with Gasteiger partial charge in [-0.05, 0) is 61.7 Å². The van der Waals surface area contributed by atoms with Crippen LogP contribution >= 0.6 is 23.2 Å². The SMILES string of the molecule is O=C(CS(=O)(=O)c1ccc(Cl)cc1)Nc1cc(Cl)ccc1N1CCCCC1. The van der Waals surface area contributed by atoms with Gasteiger partial charge in [0, 0.05) is 23.1 Å². The van der Waals surface area contributed by atoms with E-state index in [1.807, 2.05) is 6.07 Å². The highest BCUT2D eigenvalue weighted by molar-refractivity contribution is 7.92. The fourth-order valence-electron chi connectivity index (χ4n) is 3.10. The van der Waals surface area contributed by atoms with Gasteiger partial charge in [-0.25, -0.2) is 8.42 Å². The molecule has 1 N–H and O–H groups in total. The molecule has 1 saturated heterocycles. The second-order valence-electron chi connectivity index (χ2n) is 6.47. The normalized spacial score (nSPS) is 14.8. The number of hydrogen-bond donors (Lipinski definition) is 1. The molecule has 2 aromatic carbocycles. The quantitative estimate of drug-likeness (QED) is 0.769. The van der Waals surface area contributed by atoms with Gasteiger partial charge in [0.2, 0.25) is 5.91 Å². The van der Waals surface area contributed by atoms with Crippen LogP contribution < -0.4 is 10.2 Å². The number of halogens is 2. The number of carbonyl (C=O) groups is 1. The molecule has 0 aliphatic carbocycles. The van der Waals surface area contributed by atoms with Crippen LogP contribution in [0.1, 0.15) is 19.3 Å². The van der Waals surface area contributed by atoms with Crippen LogP contribution in [-0.4, -0.2) is 33.2 Å². The Balaban J connectivity index is 1.77. The Morgan fingerprint density at radius 1 is 0.963 bits per heavy atom. The molecular formula is C19H20Cl2N2O3S. The van der Waals surface area contributed by atoms with Gasteiger partial charge in [-0.3, -0.25) is 4.79 Å². The summed E-state index contributed by atoms with van der Waals surface area (Å²) in [6.45, 7) is 1.79. The molecule has 5 nitrogen and oxygen atoms in total. The van der Waals surface area contributed by atoms with E-state index in [-0.39, 0.29) is 4.90 Å². The van der Waals surface area contributed by atoms with Gasteiger partial charge >= 0.3 is 0 Å². The Morgan fingerprint density at radius 3 is 2.26 bits per heavy atom. The molecule has 144 valence electrons. The largest absolute Gasteiger partial charge is 0.370 e. The number of piperidine rings is 1. The molecular weight excluding hydrogens is 407 g/mol. The van der Waals surface area contributed by atoms with Gasteiger partial charge < -0.3 is 10.2 Å². The molecule has 0 radical (unpaired) electrons. The number of rotatable bonds is 5. The lowest BCUT2D eigenvalue weighted by Gasteiger charge is -2.30. The minimum absolute atomic E-state index is 0.0596. The summed E-state index contributed by atoms with van der Waals surface area (Å²) < 4.78 is 24.9. The zero-order chi connectivity index (χ0) is 19.4. The van der Waals surface area contributed by atoms with Crippen LogP contribution in [0, 0.1) is 0 Å². The summed E-state index contributed by atoms with van der Waals surface area (Å²) >= 11 is 11.9. The molecule has 0 atom stereocenters. The summed E-state index contributed by atoms with van der Waals surface area (Å²) in [5, 5.41) is 3.63. The highest BCUT2D eigenvalue weighted by Crippen LogP contribution is 2.31. The topological polar surface area (TPSA) is 66.5 Å².